The summed E-state index contributed by atoms with van der Waals surface area (Å²) >= 11 is 3.44. The van der Waals surface area contributed by atoms with Crippen LogP contribution in [0.5, 0.6) is 0 Å². The molecule has 18 heavy (non-hydrogen) atoms. The molecule has 3 rings (SSSR count). The van der Waals surface area contributed by atoms with Crippen molar-refractivity contribution in [1.82, 2.24) is 9.88 Å². The van der Waals surface area contributed by atoms with Crippen molar-refractivity contribution in [2.75, 3.05) is 7.05 Å². The lowest BCUT2D eigenvalue weighted by Crippen LogP contribution is -2.47. The molecule has 2 aliphatic heterocycles. The highest BCUT2D eigenvalue weighted by Gasteiger charge is 2.46. The maximum Gasteiger partial charge on any atom is 0.0873 e. The number of hydrogen-bond acceptors (Lipinski definition) is 3. The molecule has 1 fully saturated rings. The van der Waals surface area contributed by atoms with E-state index >= 15 is 0 Å². The molecule has 2 aliphatic rings. The maximum atomic E-state index is 9.70. The molecular formula is C14H14BrN3. The number of halogens is 1. The SMILES string of the molecule is CN1C2C=CC1CC(C#N)(c1cncc(Br)c1)C2. The third kappa shape index (κ3) is 1.70. The maximum absolute atomic E-state index is 9.70. The summed E-state index contributed by atoms with van der Waals surface area (Å²) in [5, 5.41) is 9.70. The van der Waals surface area contributed by atoms with Crippen molar-refractivity contribution in [3.8, 4) is 6.07 Å². The fourth-order valence-electron chi connectivity index (χ4n) is 3.06. The minimum absolute atomic E-state index is 0.377. The van der Waals surface area contributed by atoms with Gasteiger partial charge in [-0.25, -0.2) is 0 Å². The van der Waals surface area contributed by atoms with Crippen LogP contribution in [-0.4, -0.2) is 29.0 Å². The Labute approximate surface area is 115 Å². The minimum Gasteiger partial charge on any atom is -0.293 e. The monoisotopic (exact) mass is 303 g/mol. The summed E-state index contributed by atoms with van der Waals surface area (Å²) in [4.78, 5) is 6.56. The Hall–Kier alpha value is -1.18. The van der Waals surface area contributed by atoms with Crippen LogP contribution >= 0.6 is 15.9 Å². The van der Waals surface area contributed by atoms with Crippen molar-refractivity contribution in [3.63, 3.8) is 0 Å². The summed E-state index contributed by atoms with van der Waals surface area (Å²) in [5.74, 6) is 0. The average Bonchev–Trinajstić information content (AvgIpc) is 2.62. The first-order valence-electron chi connectivity index (χ1n) is 6.07. The Morgan fingerprint density at radius 3 is 2.61 bits per heavy atom. The van der Waals surface area contributed by atoms with E-state index in [1.807, 2.05) is 12.3 Å². The van der Waals surface area contributed by atoms with E-state index in [1.54, 1.807) is 6.20 Å². The van der Waals surface area contributed by atoms with E-state index in [4.69, 9.17) is 0 Å². The Bertz CT molecular complexity index is 530. The molecule has 1 aromatic heterocycles. The van der Waals surface area contributed by atoms with E-state index in [1.165, 1.54) is 0 Å². The highest BCUT2D eigenvalue weighted by Crippen LogP contribution is 2.43. The van der Waals surface area contributed by atoms with E-state index < -0.39 is 5.41 Å². The second-order valence-electron chi connectivity index (χ2n) is 5.18. The third-order valence-electron chi connectivity index (χ3n) is 4.19. The normalized spacial score (nSPS) is 34.5. The molecule has 0 N–H and O–H groups in total. The Morgan fingerprint density at radius 2 is 2.06 bits per heavy atom. The predicted molar refractivity (Wildman–Crippen MR) is 72.9 cm³/mol. The lowest BCUT2D eigenvalue weighted by atomic mass is 9.71. The highest BCUT2D eigenvalue weighted by atomic mass is 79.9. The molecule has 0 aliphatic carbocycles. The molecule has 4 heteroatoms. The van der Waals surface area contributed by atoms with Crippen molar-refractivity contribution < 1.29 is 0 Å². The second kappa shape index (κ2) is 4.18. The molecule has 1 saturated heterocycles. The smallest absolute Gasteiger partial charge is 0.0873 e. The van der Waals surface area contributed by atoms with Gasteiger partial charge in [-0.2, -0.15) is 5.26 Å². The van der Waals surface area contributed by atoms with E-state index in [-0.39, 0.29) is 0 Å². The van der Waals surface area contributed by atoms with Gasteiger partial charge in [0, 0.05) is 29.0 Å². The first-order chi connectivity index (χ1) is 8.64. The van der Waals surface area contributed by atoms with Crippen molar-refractivity contribution in [2.24, 2.45) is 0 Å². The third-order valence-corrected chi connectivity index (χ3v) is 4.62. The van der Waals surface area contributed by atoms with E-state index in [0.717, 1.165) is 22.9 Å². The van der Waals surface area contributed by atoms with Gasteiger partial charge in [0.05, 0.1) is 11.5 Å². The van der Waals surface area contributed by atoms with Crippen molar-refractivity contribution >= 4 is 15.9 Å². The van der Waals surface area contributed by atoms with Gasteiger partial charge in [0.2, 0.25) is 0 Å². The summed E-state index contributed by atoms with van der Waals surface area (Å²) in [6, 6.07) is 5.34. The highest BCUT2D eigenvalue weighted by molar-refractivity contribution is 9.10. The first kappa shape index (κ1) is 11.9. The van der Waals surface area contributed by atoms with Crippen molar-refractivity contribution in [2.45, 2.75) is 30.3 Å². The van der Waals surface area contributed by atoms with Gasteiger partial charge in [-0.05, 0) is 47.4 Å². The van der Waals surface area contributed by atoms with Gasteiger partial charge in [0.15, 0.2) is 0 Å². The molecule has 92 valence electrons. The molecule has 3 heterocycles. The number of rotatable bonds is 1. The summed E-state index contributed by atoms with van der Waals surface area (Å²) < 4.78 is 0.939. The van der Waals surface area contributed by atoms with Crippen molar-refractivity contribution in [3.05, 3.63) is 40.6 Å². The number of nitriles is 1. The van der Waals surface area contributed by atoms with Crippen LogP contribution in [-0.2, 0) is 5.41 Å². The number of pyridine rings is 1. The van der Waals surface area contributed by atoms with Crippen LogP contribution in [0, 0.1) is 11.3 Å². The number of likely N-dealkylation sites (N-methyl/N-ethyl adjacent to an activating group) is 1. The summed E-state index contributed by atoms with van der Waals surface area (Å²) in [6.45, 7) is 0. The van der Waals surface area contributed by atoms with Crippen LogP contribution in [0.4, 0.5) is 0 Å². The molecule has 2 unspecified atom stereocenters. The Balaban J connectivity index is 2.01. The lowest BCUT2D eigenvalue weighted by molar-refractivity contribution is 0.150. The van der Waals surface area contributed by atoms with Crippen LogP contribution in [0.25, 0.3) is 0 Å². The molecule has 0 aromatic carbocycles. The molecule has 0 spiro atoms. The Morgan fingerprint density at radius 1 is 1.39 bits per heavy atom. The van der Waals surface area contributed by atoms with E-state index in [2.05, 4.69) is 51.1 Å². The molecule has 0 radical (unpaired) electrons. The number of hydrogen-bond donors (Lipinski definition) is 0. The summed E-state index contributed by atoms with van der Waals surface area (Å²) in [5.41, 5.74) is 0.633. The van der Waals surface area contributed by atoms with Crippen LogP contribution < -0.4 is 0 Å². The van der Waals surface area contributed by atoms with Crippen molar-refractivity contribution in [1.29, 1.82) is 5.26 Å². The van der Waals surface area contributed by atoms with Crippen LogP contribution in [0.2, 0.25) is 0 Å². The van der Waals surface area contributed by atoms with Crippen LogP contribution in [0.3, 0.4) is 0 Å². The van der Waals surface area contributed by atoms with Gasteiger partial charge >= 0.3 is 0 Å². The molecule has 3 nitrogen and oxygen atoms in total. The zero-order valence-corrected chi connectivity index (χ0v) is 11.8. The zero-order chi connectivity index (χ0) is 12.8. The van der Waals surface area contributed by atoms with Gasteiger partial charge in [-0.1, -0.05) is 12.2 Å². The van der Waals surface area contributed by atoms with Gasteiger partial charge in [-0.3, -0.25) is 9.88 Å². The van der Waals surface area contributed by atoms with Crippen LogP contribution in [0.1, 0.15) is 18.4 Å². The summed E-state index contributed by atoms with van der Waals surface area (Å²) in [6.07, 6.45) is 9.76. The van der Waals surface area contributed by atoms with E-state index in [9.17, 15) is 5.26 Å². The van der Waals surface area contributed by atoms with Crippen LogP contribution in [0.15, 0.2) is 35.1 Å². The number of aromatic nitrogens is 1. The molecular weight excluding hydrogens is 290 g/mol. The number of nitrogens with zero attached hydrogens (tertiary/aromatic N) is 3. The van der Waals surface area contributed by atoms with E-state index in [0.29, 0.717) is 12.1 Å². The van der Waals surface area contributed by atoms with Gasteiger partial charge < -0.3 is 0 Å². The predicted octanol–water partition coefficient (Wildman–Crippen LogP) is 2.64. The first-order valence-corrected chi connectivity index (χ1v) is 6.86. The number of fused-ring (bicyclic) bond motifs is 2. The number of piperidine rings is 1. The largest absolute Gasteiger partial charge is 0.293 e. The van der Waals surface area contributed by atoms with Gasteiger partial charge in [0.25, 0.3) is 0 Å². The fourth-order valence-corrected chi connectivity index (χ4v) is 3.43. The topological polar surface area (TPSA) is 39.9 Å². The summed E-state index contributed by atoms with van der Waals surface area (Å²) in [7, 11) is 2.13. The van der Waals surface area contributed by atoms with Gasteiger partial charge in [0.1, 0.15) is 0 Å². The van der Waals surface area contributed by atoms with Gasteiger partial charge in [-0.15, -0.1) is 0 Å². The molecule has 0 saturated carbocycles. The molecule has 1 aromatic rings. The molecule has 0 amide bonds. The standard InChI is InChI=1S/C14H14BrN3/c1-18-12-2-3-13(18)6-14(5-12,9-16)10-4-11(15)8-17-7-10/h2-4,7-8,12-13H,5-6H2,1H3. The average molecular weight is 304 g/mol. The quantitative estimate of drug-likeness (QED) is 0.749. The Kier molecular flexibility index (Phi) is 2.76. The molecule has 2 bridgehead atoms. The second-order valence-corrected chi connectivity index (χ2v) is 6.09. The lowest BCUT2D eigenvalue weighted by Gasteiger charge is -2.41. The minimum atomic E-state index is -0.401. The zero-order valence-electron chi connectivity index (χ0n) is 10.2. The molecule has 2 atom stereocenters. The fraction of sp³-hybridized carbons (Fsp3) is 0.429.